The van der Waals surface area contributed by atoms with Gasteiger partial charge in [-0.15, -0.1) is 24.8 Å². The molecule has 26 heavy (non-hydrogen) atoms. The average Bonchev–Trinajstić information content (AvgIpc) is 2.60. The van der Waals surface area contributed by atoms with Crippen LogP contribution in [0, 0.1) is 0 Å². The molecule has 142 valence electrons. The van der Waals surface area contributed by atoms with Gasteiger partial charge in [0.2, 0.25) is 11.8 Å². The van der Waals surface area contributed by atoms with Crippen LogP contribution in [0.25, 0.3) is 0 Å². The summed E-state index contributed by atoms with van der Waals surface area (Å²) in [6.07, 6.45) is 4.58. The summed E-state index contributed by atoms with van der Waals surface area (Å²) < 4.78 is 0. The maximum Gasteiger partial charge on any atom is 0.222 e. The van der Waals surface area contributed by atoms with Crippen molar-refractivity contribution in [2.75, 3.05) is 12.3 Å². The normalized spacial score (nSPS) is 9.38. The van der Waals surface area contributed by atoms with E-state index in [1.165, 1.54) is 0 Å². The van der Waals surface area contributed by atoms with E-state index in [-0.39, 0.29) is 43.0 Å². The number of halogens is 2. The van der Waals surface area contributed by atoms with E-state index in [0.717, 1.165) is 11.1 Å². The van der Waals surface area contributed by atoms with Crippen molar-refractivity contribution >= 4 is 42.3 Å². The first-order chi connectivity index (χ1) is 11.6. The van der Waals surface area contributed by atoms with Gasteiger partial charge in [0.25, 0.3) is 0 Å². The second kappa shape index (κ2) is 13.0. The van der Waals surface area contributed by atoms with E-state index in [1.54, 1.807) is 12.4 Å². The largest absolute Gasteiger partial charge is 0.399 e. The van der Waals surface area contributed by atoms with Crippen molar-refractivity contribution in [1.82, 2.24) is 15.6 Å². The van der Waals surface area contributed by atoms with Gasteiger partial charge in [-0.2, -0.15) is 0 Å². The van der Waals surface area contributed by atoms with Crippen LogP contribution in [0.2, 0.25) is 0 Å². The molecule has 1 aromatic carbocycles. The third-order valence-corrected chi connectivity index (χ3v) is 3.56. The lowest BCUT2D eigenvalue weighted by Gasteiger charge is -2.08. The SMILES string of the molecule is Cl.Cl.Nc1ccccc1CCC(=O)NCCC(=O)NCc1cccnc1. The van der Waals surface area contributed by atoms with Gasteiger partial charge in [0.1, 0.15) is 0 Å². The highest BCUT2D eigenvalue weighted by Crippen LogP contribution is 2.12. The predicted molar refractivity (Wildman–Crippen MR) is 107 cm³/mol. The van der Waals surface area contributed by atoms with E-state index in [2.05, 4.69) is 15.6 Å². The van der Waals surface area contributed by atoms with Gasteiger partial charge in [-0.1, -0.05) is 24.3 Å². The van der Waals surface area contributed by atoms with Crippen LogP contribution in [-0.4, -0.2) is 23.3 Å². The number of nitrogen functional groups attached to an aromatic ring is 1. The molecule has 0 fully saturated rings. The molecular weight excluding hydrogens is 375 g/mol. The molecule has 8 heteroatoms. The zero-order chi connectivity index (χ0) is 17.2. The number of aromatic nitrogens is 1. The van der Waals surface area contributed by atoms with Crippen molar-refractivity contribution in [3.05, 3.63) is 59.9 Å². The lowest BCUT2D eigenvalue weighted by atomic mass is 10.1. The number of rotatable bonds is 8. The van der Waals surface area contributed by atoms with Crippen LogP contribution >= 0.6 is 24.8 Å². The third-order valence-electron chi connectivity index (χ3n) is 3.56. The molecular formula is C18H24Cl2N4O2. The Hall–Kier alpha value is -2.31. The molecule has 2 rings (SSSR count). The Balaban J connectivity index is 0.00000312. The number of nitrogens with zero attached hydrogens (tertiary/aromatic N) is 1. The molecule has 0 atom stereocenters. The van der Waals surface area contributed by atoms with E-state index in [1.807, 2.05) is 36.4 Å². The van der Waals surface area contributed by atoms with Crippen molar-refractivity contribution in [3.63, 3.8) is 0 Å². The molecule has 0 aliphatic rings. The van der Waals surface area contributed by atoms with Gasteiger partial charge in [-0.3, -0.25) is 14.6 Å². The van der Waals surface area contributed by atoms with E-state index < -0.39 is 0 Å². The molecule has 0 saturated carbocycles. The minimum Gasteiger partial charge on any atom is -0.399 e. The maximum absolute atomic E-state index is 11.8. The molecule has 6 nitrogen and oxygen atoms in total. The topological polar surface area (TPSA) is 97.1 Å². The number of carbonyl (C=O) groups is 2. The van der Waals surface area contributed by atoms with Crippen molar-refractivity contribution in [2.45, 2.75) is 25.8 Å². The van der Waals surface area contributed by atoms with Crippen LogP contribution in [0.3, 0.4) is 0 Å². The summed E-state index contributed by atoms with van der Waals surface area (Å²) in [5.74, 6) is -0.190. The molecule has 1 aromatic heterocycles. The predicted octanol–water partition coefficient (Wildman–Crippen LogP) is 2.26. The lowest BCUT2D eigenvalue weighted by Crippen LogP contribution is -2.30. The van der Waals surface area contributed by atoms with E-state index >= 15 is 0 Å². The van der Waals surface area contributed by atoms with Gasteiger partial charge in [-0.25, -0.2) is 0 Å². The van der Waals surface area contributed by atoms with E-state index in [0.29, 0.717) is 31.6 Å². The summed E-state index contributed by atoms with van der Waals surface area (Å²) in [5, 5.41) is 5.54. The molecule has 0 saturated heterocycles. The first-order valence-corrected chi connectivity index (χ1v) is 7.91. The van der Waals surface area contributed by atoms with E-state index in [9.17, 15) is 9.59 Å². The highest BCUT2D eigenvalue weighted by molar-refractivity contribution is 5.85. The highest BCUT2D eigenvalue weighted by atomic mass is 35.5. The Morgan fingerprint density at radius 2 is 1.69 bits per heavy atom. The number of hydrogen-bond acceptors (Lipinski definition) is 4. The Morgan fingerprint density at radius 1 is 0.962 bits per heavy atom. The molecule has 2 aromatic rings. The number of hydrogen-bond donors (Lipinski definition) is 3. The monoisotopic (exact) mass is 398 g/mol. The number of anilines is 1. The van der Waals surface area contributed by atoms with Gasteiger partial charge in [-0.05, 0) is 29.7 Å². The van der Waals surface area contributed by atoms with Crippen LogP contribution in [0.1, 0.15) is 24.0 Å². The second-order valence-corrected chi connectivity index (χ2v) is 5.44. The first-order valence-electron chi connectivity index (χ1n) is 7.91. The third kappa shape index (κ3) is 8.69. The minimum atomic E-state index is -0.105. The Labute approximate surface area is 165 Å². The Bertz CT molecular complexity index is 684. The number of nitrogens with one attached hydrogen (secondary N) is 2. The van der Waals surface area contributed by atoms with Gasteiger partial charge in [0.15, 0.2) is 0 Å². The number of benzene rings is 1. The zero-order valence-corrected chi connectivity index (χ0v) is 15.9. The number of para-hydroxylation sites is 1. The number of amides is 2. The zero-order valence-electron chi connectivity index (χ0n) is 14.3. The minimum absolute atomic E-state index is 0. The standard InChI is InChI=1S/C18H22N4O2.2ClH/c19-16-6-2-1-5-15(16)7-8-17(23)21-11-9-18(24)22-13-14-4-3-10-20-12-14;;/h1-6,10,12H,7-9,11,13,19H2,(H,21,23)(H,22,24);2*1H. The summed E-state index contributed by atoms with van der Waals surface area (Å²) in [5.41, 5.74) is 8.43. The van der Waals surface area contributed by atoms with Crippen LogP contribution in [0.5, 0.6) is 0 Å². The molecule has 0 unspecified atom stereocenters. The molecule has 4 N–H and O–H groups in total. The average molecular weight is 399 g/mol. The molecule has 0 spiro atoms. The summed E-state index contributed by atoms with van der Waals surface area (Å²) in [6.45, 7) is 0.760. The van der Waals surface area contributed by atoms with Gasteiger partial charge in [0.05, 0.1) is 0 Å². The summed E-state index contributed by atoms with van der Waals surface area (Å²) >= 11 is 0. The summed E-state index contributed by atoms with van der Waals surface area (Å²) in [6, 6.07) is 11.2. The lowest BCUT2D eigenvalue weighted by molar-refractivity contribution is -0.122. The molecule has 2 amide bonds. The molecule has 0 radical (unpaired) electrons. The number of nitrogens with two attached hydrogens (primary N) is 1. The van der Waals surface area contributed by atoms with Crippen LogP contribution in [-0.2, 0) is 22.6 Å². The first kappa shape index (κ1) is 23.7. The summed E-state index contributed by atoms with van der Waals surface area (Å²) in [7, 11) is 0. The highest BCUT2D eigenvalue weighted by Gasteiger charge is 2.06. The van der Waals surface area contributed by atoms with Gasteiger partial charge in [0, 0.05) is 44.0 Å². The number of pyridine rings is 1. The molecule has 0 bridgehead atoms. The molecule has 1 heterocycles. The van der Waals surface area contributed by atoms with Crippen molar-refractivity contribution in [3.8, 4) is 0 Å². The van der Waals surface area contributed by atoms with Crippen molar-refractivity contribution in [1.29, 1.82) is 0 Å². The fourth-order valence-corrected chi connectivity index (χ4v) is 2.21. The molecule has 0 aliphatic carbocycles. The maximum atomic E-state index is 11.8. The Kier molecular flexibility index (Phi) is 11.8. The second-order valence-electron chi connectivity index (χ2n) is 5.44. The van der Waals surface area contributed by atoms with E-state index in [4.69, 9.17) is 5.73 Å². The van der Waals surface area contributed by atoms with Crippen LogP contribution < -0.4 is 16.4 Å². The fraction of sp³-hybridized carbons (Fsp3) is 0.278. The van der Waals surface area contributed by atoms with Crippen molar-refractivity contribution < 1.29 is 9.59 Å². The molecule has 0 aliphatic heterocycles. The van der Waals surface area contributed by atoms with Crippen LogP contribution in [0.4, 0.5) is 5.69 Å². The van der Waals surface area contributed by atoms with Gasteiger partial charge < -0.3 is 16.4 Å². The fourth-order valence-electron chi connectivity index (χ4n) is 2.21. The smallest absolute Gasteiger partial charge is 0.222 e. The quantitative estimate of drug-likeness (QED) is 0.594. The van der Waals surface area contributed by atoms with Crippen LogP contribution in [0.15, 0.2) is 48.8 Å². The Morgan fingerprint density at radius 3 is 2.38 bits per heavy atom. The summed E-state index contributed by atoms with van der Waals surface area (Å²) in [4.78, 5) is 27.5. The number of aryl methyl sites for hydroxylation is 1. The van der Waals surface area contributed by atoms with Gasteiger partial charge >= 0.3 is 0 Å². The number of carbonyl (C=O) groups excluding carboxylic acids is 2. The van der Waals surface area contributed by atoms with Crippen molar-refractivity contribution in [2.24, 2.45) is 0 Å².